The van der Waals surface area contributed by atoms with Crippen LogP contribution in [-0.2, 0) is 14.3 Å². The van der Waals surface area contributed by atoms with Crippen molar-refractivity contribution in [2.45, 2.75) is 19.8 Å². The number of benzene rings is 2. The molecular formula is C22H25NO4. The first-order valence-corrected chi connectivity index (χ1v) is 9.34. The highest BCUT2D eigenvalue weighted by Crippen LogP contribution is 2.29. The second-order valence-electron chi connectivity index (χ2n) is 6.90. The number of likely N-dealkylation sites (tertiary alicyclic amines) is 1. The molecule has 0 saturated carbocycles. The Hall–Kier alpha value is -2.82. The summed E-state index contributed by atoms with van der Waals surface area (Å²) in [6.45, 7) is 3.14. The minimum atomic E-state index is -0.545. The number of ether oxygens (including phenoxy) is 2. The molecule has 1 aliphatic rings. The van der Waals surface area contributed by atoms with Crippen LogP contribution in [0.1, 0.15) is 19.8 Å². The lowest BCUT2D eigenvalue weighted by molar-refractivity contribution is -0.154. The first kappa shape index (κ1) is 19.0. The topological polar surface area (TPSA) is 55.8 Å². The van der Waals surface area contributed by atoms with Gasteiger partial charge in [-0.05, 0) is 30.4 Å². The van der Waals surface area contributed by atoms with Gasteiger partial charge in [0.05, 0.1) is 0 Å². The van der Waals surface area contributed by atoms with Gasteiger partial charge in [-0.25, -0.2) is 4.79 Å². The highest BCUT2D eigenvalue weighted by molar-refractivity contribution is 5.81. The predicted molar refractivity (Wildman–Crippen MR) is 103 cm³/mol. The molecular weight excluding hydrogens is 342 g/mol. The molecule has 0 N–H and O–H groups in total. The Bertz CT molecular complexity index is 775. The fraction of sp³-hybridized carbons (Fsp3) is 0.364. The SMILES string of the molecule is CC1CCCN(C(=O)COC(=O)COc2ccccc2-c2ccccc2)C1. The minimum absolute atomic E-state index is 0.139. The lowest BCUT2D eigenvalue weighted by Gasteiger charge is -2.30. The van der Waals surface area contributed by atoms with Crippen molar-refractivity contribution in [1.82, 2.24) is 4.90 Å². The van der Waals surface area contributed by atoms with Crippen molar-refractivity contribution < 1.29 is 19.1 Å². The van der Waals surface area contributed by atoms with Crippen LogP contribution in [0.2, 0.25) is 0 Å². The summed E-state index contributed by atoms with van der Waals surface area (Å²) in [6.07, 6.45) is 2.14. The third-order valence-corrected chi connectivity index (χ3v) is 4.68. The number of esters is 1. The standard InChI is InChI=1S/C22H25NO4/c1-17-8-7-13-23(14-17)21(24)15-27-22(25)16-26-20-12-6-5-11-19(20)18-9-3-2-4-10-18/h2-6,9-12,17H,7-8,13-16H2,1H3. The summed E-state index contributed by atoms with van der Waals surface area (Å²) >= 11 is 0. The van der Waals surface area contributed by atoms with Gasteiger partial charge in [0.1, 0.15) is 5.75 Å². The smallest absolute Gasteiger partial charge is 0.344 e. The van der Waals surface area contributed by atoms with Crippen LogP contribution in [0.3, 0.4) is 0 Å². The summed E-state index contributed by atoms with van der Waals surface area (Å²) in [6, 6.07) is 17.4. The quantitative estimate of drug-likeness (QED) is 0.733. The molecule has 5 nitrogen and oxygen atoms in total. The van der Waals surface area contributed by atoms with Gasteiger partial charge in [0, 0.05) is 18.7 Å². The lowest BCUT2D eigenvalue weighted by atomic mass is 10.0. The van der Waals surface area contributed by atoms with Crippen molar-refractivity contribution in [2.75, 3.05) is 26.3 Å². The van der Waals surface area contributed by atoms with Crippen LogP contribution >= 0.6 is 0 Å². The first-order chi connectivity index (χ1) is 13.1. The summed E-state index contributed by atoms with van der Waals surface area (Å²) in [7, 11) is 0. The number of hydrogen-bond acceptors (Lipinski definition) is 4. The molecule has 0 aliphatic carbocycles. The van der Waals surface area contributed by atoms with Gasteiger partial charge in [-0.1, -0.05) is 55.5 Å². The Balaban J connectivity index is 1.51. The second-order valence-corrected chi connectivity index (χ2v) is 6.90. The van der Waals surface area contributed by atoms with Gasteiger partial charge in [-0.3, -0.25) is 4.79 Å². The third kappa shape index (κ3) is 5.33. The van der Waals surface area contributed by atoms with Gasteiger partial charge >= 0.3 is 5.97 Å². The van der Waals surface area contributed by atoms with Crippen molar-refractivity contribution in [3.8, 4) is 16.9 Å². The first-order valence-electron chi connectivity index (χ1n) is 9.34. The number of hydrogen-bond donors (Lipinski definition) is 0. The molecule has 2 aromatic rings. The second kappa shape index (κ2) is 9.21. The van der Waals surface area contributed by atoms with Crippen molar-refractivity contribution in [2.24, 2.45) is 5.92 Å². The van der Waals surface area contributed by atoms with E-state index in [1.165, 1.54) is 0 Å². The van der Waals surface area contributed by atoms with Crippen LogP contribution < -0.4 is 4.74 Å². The number of amides is 1. The zero-order chi connectivity index (χ0) is 19.1. The summed E-state index contributed by atoms with van der Waals surface area (Å²) < 4.78 is 10.8. The molecule has 2 aromatic carbocycles. The van der Waals surface area contributed by atoms with E-state index < -0.39 is 5.97 Å². The van der Waals surface area contributed by atoms with Gasteiger partial charge in [0.15, 0.2) is 13.2 Å². The molecule has 27 heavy (non-hydrogen) atoms. The summed E-state index contributed by atoms with van der Waals surface area (Å²) in [4.78, 5) is 25.9. The molecule has 1 fully saturated rings. The van der Waals surface area contributed by atoms with E-state index in [0.29, 0.717) is 11.7 Å². The highest BCUT2D eigenvalue weighted by Gasteiger charge is 2.22. The monoisotopic (exact) mass is 367 g/mol. The molecule has 0 aromatic heterocycles. The fourth-order valence-corrected chi connectivity index (χ4v) is 3.28. The van der Waals surface area contributed by atoms with Crippen molar-refractivity contribution in [3.05, 3.63) is 54.6 Å². The summed E-state index contributed by atoms with van der Waals surface area (Å²) in [5.41, 5.74) is 1.92. The van der Waals surface area contributed by atoms with Crippen molar-refractivity contribution in [3.63, 3.8) is 0 Å². The maximum Gasteiger partial charge on any atom is 0.344 e. The Morgan fingerprint density at radius 1 is 1.04 bits per heavy atom. The van der Waals surface area contributed by atoms with Crippen LogP contribution in [0.25, 0.3) is 11.1 Å². The lowest BCUT2D eigenvalue weighted by Crippen LogP contribution is -2.41. The molecule has 0 radical (unpaired) electrons. The van der Waals surface area contributed by atoms with Gasteiger partial charge in [0.25, 0.3) is 5.91 Å². The molecule has 1 amide bonds. The number of carbonyl (C=O) groups is 2. The largest absolute Gasteiger partial charge is 0.481 e. The van der Waals surface area contributed by atoms with Gasteiger partial charge in [-0.2, -0.15) is 0 Å². The van der Waals surface area contributed by atoms with E-state index in [1.807, 2.05) is 54.6 Å². The molecule has 1 aliphatic heterocycles. The average molecular weight is 367 g/mol. The number of piperidine rings is 1. The van der Waals surface area contributed by atoms with E-state index in [4.69, 9.17) is 9.47 Å². The molecule has 0 spiro atoms. The van der Waals surface area contributed by atoms with E-state index in [0.717, 1.165) is 37.1 Å². The normalized spacial score (nSPS) is 16.6. The van der Waals surface area contributed by atoms with E-state index in [9.17, 15) is 9.59 Å². The zero-order valence-electron chi connectivity index (χ0n) is 15.6. The van der Waals surface area contributed by atoms with Crippen LogP contribution in [0.5, 0.6) is 5.75 Å². The Morgan fingerprint density at radius 2 is 1.78 bits per heavy atom. The molecule has 1 unspecified atom stereocenters. The third-order valence-electron chi connectivity index (χ3n) is 4.68. The number of nitrogens with zero attached hydrogens (tertiary/aromatic N) is 1. The van der Waals surface area contributed by atoms with Crippen LogP contribution in [0.15, 0.2) is 54.6 Å². The molecule has 1 atom stereocenters. The molecule has 5 heteroatoms. The van der Waals surface area contributed by atoms with Crippen molar-refractivity contribution in [1.29, 1.82) is 0 Å². The zero-order valence-corrected chi connectivity index (χ0v) is 15.6. The van der Waals surface area contributed by atoms with E-state index in [-0.39, 0.29) is 19.1 Å². The van der Waals surface area contributed by atoms with Crippen LogP contribution in [0.4, 0.5) is 0 Å². The van der Waals surface area contributed by atoms with Gasteiger partial charge < -0.3 is 14.4 Å². The average Bonchev–Trinajstić information content (AvgIpc) is 2.71. The molecule has 142 valence electrons. The maximum absolute atomic E-state index is 12.2. The summed E-state index contributed by atoms with van der Waals surface area (Å²) in [5, 5.41) is 0. The fourth-order valence-electron chi connectivity index (χ4n) is 3.28. The summed E-state index contributed by atoms with van der Waals surface area (Å²) in [5.74, 6) is 0.420. The number of carbonyl (C=O) groups excluding carboxylic acids is 2. The Kier molecular flexibility index (Phi) is 6.47. The van der Waals surface area contributed by atoms with Crippen molar-refractivity contribution >= 4 is 11.9 Å². The molecule has 1 heterocycles. The molecule has 0 bridgehead atoms. The van der Waals surface area contributed by atoms with E-state index >= 15 is 0 Å². The number of rotatable bonds is 6. The predicted octanol–water partition coefficient (Wildman–Crippen LogP) is 3.53. The molecule has 1 saturated heterocycles. The Labute approximate surface area is 159 Å². The van der Waals surface area contributed by atoms with Crippen LogP contribution in [0, 0.1) is 5.92 Å². The van der Waals surface area contributed by atoms with Gasteiger partial charge in [-0.15, -0.1) is 0 Å². The van der Waals surface area contributed by atoms with E-state index in [2.05, 4.69) is 6.92 Å². The number of para-hydroxylation sites is 1. The Morgan fingerprint density at radius 3 is 2.56 bits per heavy atom. The van der Waals surface area contributed by atoms with Crippen LogP contribution in [-0.4, -0.2) is 43.1 Å². The van der Waals surface area contributed by atoms with Gasteiger partial charge in [0.2, 0.25) is 0 Å². The maximum atomic E-state index is 12.2. The minimum Gasteiger partial charge on any atom is -0.481 e. The van der Waals surface area contributed by atoms with E-state index in [1.54, 1.807) is 4.90 Å². The molecule has 3 rings (SSSR count). The highest BCUT2D eigenvalue weighted by atomic mass is 16.6.